The molecule has 0 aliphatic heterocycles. The van der Waals surface area contributed by atoms with Crippen molar-refractivity contribution in [2.75, 3.05) is 11.5 Å². The lowest BCUT2D eigenvalue weighted by Gasteiger charge is -2.26. The average molecular weight is 498 g/mol. The predicted octanol–water partition coefficient (Wildman–Crippen LogP) is 8.29. The minimum Gasteiger partial charge on any atom is -0.508 e. The number of hydrogen-bond acceptors (Lipinski definition) is 3. The van der Waals surface area contributed by atoms with Gasteiger partial charge in [-0.25, -0.2) is 0 Å². The highest BCUT2D eigenvalue weighted by molar-refractivity contribution is 5.92. The van der Waals surface area contributed by atoms with E-state index >= 15 is 0 Å². The van der Waals surface area contributed by atoms with E-state index < -0.39 is 0 Å². The number of aromatic hydroxyl groups is 1. The van der Waals surface area contributed by atoms with Gasteiger partial charge in [0.25, 0.3) is 0 Å². The molecule has 0 radical (unpaired) electrons. The molecule has 0 heterocycles. The summed E-state index contributed by atoms with van der Waals surface area (Å²) in [6.07, 6.45) is 2.84. The molecule has 0 atom stereocenters. The minimum absolute atomic E-state index is 0.144. The van der Waals surface area contributed by atoms with Crippen LogP contribution in [0.3, 0.4) is 0 Å². The molecule has 0 spiro atoms. The van der Waals surface area contributed by atoms with Crippen molar-refractivity contribution in [2.45, 2.75) is 13.3 Å². The number of rotatable bonds is 8. The highest BCUT2D eigenvalue weighted by Crippen LogP contribution is 2.35. The quantitative estimate of drug-likeness (QED) is 0.212. The smallest absolute Gasteiger partial charge is 0.115 e. The number of hydrogen-bond donors (Lipinski definition) is 2. The van der Waals surface area contributed by atoms with E-state index in [-0.39, 0.29) is 12.4 Å². The fourth-order valence-corrected chi connectivity index (χ4v) is 4.56. The summed E-state index contributed by atoms with van der Waals surface area (Å²) in [5, 5.41) is 19.1. The second-order valence-corrected chi connectivity index (χ2v) is 9.37. The Morgan fingerprint density at radius 3 is 1.74 bits per heavy atom. The van der Waals surface area contributed by atoms with Crippen molar-refractivity contribution in [3.63, 3.8) is 0 Å². The van der Waals surface area contributed by atoms with E-state index in [4.69, 9.17) is 0 Å². The summed E-state index contributed by atoms with van der Waals surface area (Å²) in [6, 6.07) is 43.1. The zero-order valence-corrected chi connectivity index (χ0v) is 21.5. The first-order chi connectivity index (χ1) is 18.6. The number of phenols is 1. The molecule has 38 heavy (non-hydrogen) atoms. The van der Waals surface area contributed by atoms with Crippen molar-refractivity contribution in [3.8, 4) is 5.75 Å². The molecule has 0 unspecified atom stereocenters. The van der Waals surface area contributed by atoms with Crippen molar-refractivity contribution in [3.05, 3.63) is 155 Å². The molecule has 0 amide bonds. The highest BCUT2D eigenvalue weighted by Gasteiger charge is 2.13. The minimum atomic E-state index is 0.144. The molecular weight excluding hydrogens is 466 g/mol. The third-order valence-electron chi connectivity index (χ3n) is 6.61. The van der Waals surface area contributed by atoms with Gasteiger partial charge in [-0.1, -0.05) is 84.4 Å². The van der Waals surface area contributed by atoms with E-state index in [9.17, 15) is 10.2 Å². The number of nitrogens with zero attached hydrogens (tertiary/aromatic N) is 1. The Morgan fingerprint density at radius 1 is 0.632 bits per heavy atom. The summed E-state index contributed by atoms with van der Waals surface area (Å²) in [7, 11) is 0. The van der Waals surface area contributed by atoms with E-state index in [2.05, 4.69) is 103 Å². The predicted molar refractivity (Wildman–Crippen MR) is 158 cm³/mol. The Bertz CT molecular complexity index is 1490. The summed E-state index contributed by atoms with van der Waals surface area (Å²) in [4.78, 5) is 2.24. The molecule has 0 aromatic heterocycles. The third kappa shape index (κ3) is 5.86. The normalized spacial score (nSPS) is 11.4. The van der Waals surface area contributed by atoms with Crippen LogP contribution in [0.15, 0.2) is 127 Å². The monoisotopic (exact) mass is 497 g/mol. The largest absolute Gasteiger partial charge is 0.508 e. The second kappa shape index (κ2) is 11.6. The molecule has 0 saturated carbocycles. The fourth-order valence-electron chi connectivity index (χ4n) is 4.56. The molecule has 3 heteroatoms. The lowest BCUT2D eigenvalue weighted by atomic mass is 9.95. The van der Waals surface area contributed by atoms with Crippen LogP contribution in [0.25, 0.3) is 11.6 Å². The van der Waals surface area contributed by atoms with Crippen LogP contribution in [-0.2, 0) is 6.42 Å². The molecule has 5 rings (SSSR count). The van der Waals surface area contributed by atoms with Gasteiger partial charge in [-0.3, -0.25) is 0 Å². The molecule has 2 N–H and O–H groups in total. The molecule has 188 valence electrons. The Balaban J connectivity index is 1.53. The highest BCUT2D eigenvalue weighted by atomic mass is 16.3. The first kappa shape index (κ1) is 25.1. The van der Waals surface area contributed by atoms with Crippen molar-refractivity contribution in [2.24, 2.45) is 0 Å². The Morgan fingerprint density at radius 2 is 1.16 bits per heavy atom. The van der Waals surface area contributed by atoms with Gasteiger partial charge in [0.1, 0.15) is 5.75 Å². The SMILES string of the molecule is Cc1ccc(N(c2ccc(/C=C(\c3ccccc3)c3ccc(O)cc3)cc2)c2ccc(CCO)cc2)cc1. The van der Waals surface area contributed by atoms with Gasteiger partial charge in [0, 0.05) is 23.7 Å². The molecule has 0 aliphatic rings. The maximum atomic E-state index is 9.79. The van der Waals surface area contributed by atoms with E-state index in [1.54, 1.807) is 12.1 Å². The molecule has 0 bridgehead atoms. The zero-order chi connectivity index (χ0) is 26.3. The number of aliphatic hydroxyl groups excluding tert-OH is 1. The number of benzene rings is 5. The zero-order valence-electron chi connectivity index (χ0n) is 21.5. The lowest BCUT2D eigenvalue weighted by molar-refractivity contribution is 0.299. The first-order valence-electron chi connectivity index (χ1n) is 12.8. The van der Waals surface area contributed by atoms with Crippen molar-refractivity contribution in [1.29, 1.82) is 0 Å². The van der Waals surface area contributed by atoms with Crippen LogP contribution in [0.1, 0.15) is 27.8 Å². The fraction of sp³-hybridized carbons (Fsp3) is 0.0857. The average Bonchev–Trinajstić information content (AvgIpc) is 2.96. The molecule has 5 aromatic rings. The van der Waals surface area contributed by atoms with Crippen molar-refractivity contribution in [1.82, 2.24) is 0 Å². The summed E-state index contributed by atoms with van der Waals surface area (Å²) < 4.78 is 0. The molecule has 0 fully saturated rings. The lowest BCUT2D eigenvalue weighted by Crippen LogP contribution is -2.10. The molecule has 3 nitrogen and oxygen atoms in total. The maximum Gasteiger partial charge on any atom is 0.115 e. The molecule has 0 aliphatic carbocycles. The van der Waals surface area contributed by atoms with Gasteiger partial charge in [-0.15, -0.1) is 0 Å². The summed E-state index contributed by atoms with van der Waals surface area (Å²) in [6.45, 7) is 2.24. The van der Waals surface area contributed by atoms with Crippen LogP contribution in [0, 0.1) is 6.92 Å². The van der Waals surface area contributed by atoms with Crippen LogP contribution in [0.5, 0.6) is 5.75 Å². The van der Waals surface area contributed by atoms with Gasteiger partial charge < -0.3 is 15.1 Å². The Kier molecular flexibility index (Phi) is 7.67. The van der Waals surface area contributed by atoms with Gasteiger partial charge >= 0.3 is 0 Å². The van der Waals surface area contributed by atoms with Crippen molar-refractivity contribution < 1.29 is 10.2 Å². The standard InChI is InChI=1S/C35H31NO2/c1-26-7-15-31(16-8-26)36(32-17-9-27(10-18-32)23-24-37)33-19-11-28(12-20-33)25-35(29-5-3-2-4-6-29)30-13-21-34(38)22-14-30/h2-22,25,37-38H,23-24H2,1H3/b35-25+. The van der Waals surface area contributed by atoms with E-state index in [0.29, 0.717) is 6.42 Å². The molecule has 5 aromatic carbocycles. The van der Waals surface area contributed by atoms with Gasteiger partial charge in [0.05, 0.1) is 0 Å². The summed E-state index contributed by atoms with van der Waals surface area (Å²) in [5.74, 6) is 0.256. The van der Waals surface area contributed by atoms with Crippen LogP contribution in [0.4, 0.5) is 17.1 Å². The number of aryl methyl sites for hydroxylation is 1. The topological polar surface area (TPSA) is 43.7 Å². The van der Waals surface area contributed by atoms with Gasteiger partial charge in [-0.05, 0) is 95.8 Å². The third-order valence-corrected chi connectivity index (χ3v) is 6.61. The van der Waals surface area contributed by atoms with E-state index in [0.717, 1.165) is 44.9 Å². The van der Waals surface area contributed by atoms with Gasteiger partial charge in [-0.2, -0.15) is 0 Å². The summed E-state index contributed by atoms with van der Waals surface area (Å²) >= 11 is 0. The Hall–Kier alpha value is -4.60. The Labute approximate surface area is 224 Å². The van der Waals surface area contributed by atoms with Crippen LogP contribution >= 0.6 is 0 Å². The first-order valence-corrected chi connectivity index (χ1v) is 12.8. The molecular formula is C35H31NO2. The number of anilines is 3. The summed E-state index contributed by atoms with van der Waals surface area (Å²) in [5.41, 5.74) is 9.88. The van der Waals surface area contributed by atoms with E-state index in [1.807, 2.05) is 30.3 Å². The van der Waals surface area contributed by atoms with Gasteiger partial charge in [0.15, 0.2) is 0 Å². The van der Waals surface area contributed by atoms with E-state index in [1.165, 1.54) is 5.56 Å². The molecule has 0 saturated heterocycles. The van der Waals surface area contributed by atoms with Crippen LogP contribution in [-0.4, -0.2) is 16.8 Å². The van der Waals surface area contributed by atoms with Crippen LogP contribution in [0.2, 0.25) is 0 Å². The number of aliphatic hydroxyl groups is 1. The number of phenolic OH excluding ortho intramolecular Hbond substituents is 1. The van der Waals surface area contributed by atoms with Crippen molar-refractivity contribution >= 4 is 28.7 Å². The van der Waals surface area contributed by atoms with Gasteiger partial charge in [0.2, 0.25) is 0 Å². The second-order valence-electron chi connectivity index (χ2n) is 9.37. The maximum absolute atomic E-state index is 9.79. The van der Waals surface area contributed by atoms with Crippen LogP contribution < -0.4 is 4.90 Å².